The summed E-state index contributed by atoms with van der Waals surface area (Å²) in [6.45, 7) is 12.8. The second-order valence-corrected chi connectivity index (χ2v) is 12.5. The molecule has 0 heterocycles. The Morgan fingerprint density at radius 2 is 1.37 bits per heavy atom. The van der Waals surface area contributed by atoms with Crippen molar-refractivity contribution in [1.82, 2.24) is 0 Å². The minimum Gasteiger partial charge on any atom is -0.464 e. The molecule has 0 saturated heterocycles. The predicted octanol–water partition coefficient (Wildman–Crippen LogP) is 4.15. The molecule has 0 fully saturated rings. The molecule has 3 nitrogen and oxygen atoms in total. The molecule has 0 unspecified atom stereocenters. The Morgan fingerprint density at radius 3 is 1.70 bits per heavy atom. The van der Waals surface area contributed by atoms with Crippen molar-refractivity contribution in [2.45, 2.75) is 52.7 Å². The van der Waals surface area contributed by atoms with Crippen molar-refractivity contribution in [2.24, 2.45) is 5.92 Å². The lowest BCUT2D eigenvalue weighted by molar-refractivity contribution is -0.154. The molecule has 27 heavy (non-hydrogen) atoms. The summed E-state index contributed by atoms with van der Waals surface area (Å²) in [5, 5.41) is 2.16. The molecule has 4 heteroatoms. The monoisotopic (exact) mass is 384 g/mol. The Labute approximate surface area is 164 Å². The molecular weight excluding hydrogens is 352 g/mol. The third-order valence-electron chi connectivity index (χ3n) is 4.84. The molecule has 0 aromatic heterocycles. The average Bonchev–Trinajstić information content (AvgIpc) is 2.63. The van der Waals surface area contributed by atoms with E-state index in [9.17, 15) is 4.79 Å². The van der Waals surface area contributed by atoms with Crippen molar-refractivity contribution < 1.29 is 14.0 Å². The fourth-order valence-corrected chi connectivity index (χ4v) is 8.33. The van der Waals surface area contributed by atoms with Gasteiger partial charge in [-0.15, -0.1) is 0 Å². The topological polar surface area (TPSA) is 35.5 Å². The maximum Gasteiger partial charge on any atom is 0.334 e. The highest BCUT2D eigenvalue weighted by Crippen LogP contribution is 2.38. The molecule has 0 N–H and O–H groups in total. The molecule has 2 rings (SSSR count). The van der Waals surface area contributed by atoms with Gasteiger partial charge in [-0.3, -0.25) is 0 Å². The highest BCUT2D eigenvalue weighted by molar-refractivity contribution is 6.99. The molecule has 0 aliphatic heterocycles. The summed E-state index contributed by atoms with van der Waals surface area (Å²) in [5.74, 6) is -0.258. The van der Waals surface area contributed by atoms with Crippen LogP contribution in [-0.4, -0.2) is 27.0 Å². The van der Waals surface area contributed by atoms with Crippen LogP contribution in [0.25, 0.3) is 0 Å². The van der Waals surface area contributed by atoms with E-state index in [0.29, 0.717) is 6.61 Å². The van der Waals surface area contributed by atoms with Gasteiger partial charge in [-0.25, -0.2) is 4.79 Å². The zero-order chi connectivity index (χ0) is 20.1. The fourth-order valence-electron chi connectivity index (χ4n) is 3.56. The van der Waals surface area contributed by atoms with Gasteiger partial charge < -0.3 is 9.16 Å². The number of esters is 1. The highest BCUT2D eigenvalue weighted by atomic mass is 28.4. The minimum atomic E-state index is -2.77. The molecule has 2 aromatic rings. The van der Waals surface area contributed by atoms with Gasteiger partial charge in [0.05, 0.1) is 6.61 Å². The Morgan fingerprint density at radius 1 is 0.926 bits per heavy atom. The molecule has 0 radical (unpaired) electrons. The number of ether oxygens (including phenoxy) is 1. The summed E-state index contributed by atoms with van der Waals surface area (Å²) in [5.41, 5.74) is 0. The van der Waals surface area contributed by atoms with Gasteiger partial charge in [0.2, 0.25) is 0 Å². The summed E-state index contributed by atoms with van der Waals surface area (Å²) < 4.78 is 12.3. The first-order valence-electron chi connectivity index (χ1n) is 9.69. The van der Waals surface area contributed by atoms with E-state index in [4.69, 9.17) is 9.16 Å². The van der Waals surface area contributed by atoms with Gasteiger partial charge in [-0.1, -0.05) is 95.3 Å². The minimum absolute atomic E-state index is 0.0192. The first-order valence-corrected chi connectivity index (χ1v) is 11.6. The largest absolute Gasteiger partial charge is 0.464 e. The van der Waals surface area contributed by atoms with Gasteiger partial charge in [-0.05, 0) is 28.3 Å². The quantitative estimate of drug-likeness (QED) is 0.531. The maximum absolute atomic E-state index is 12.7. The summed E-state index contributed by atoms with van der Waals surface area (Å²) in [6.07, 6.45) is -0.601. The van der Waals surface area contributed by atoms with E-state index >= 15 is 0 Å². The van der Waals surface area contributed by atoms with Gasteiger partial charge in [0, 0.05) is 0 Å². The van der Waals surface area contributed by atoms with E-state index in [2.05, 4.69) is 45.0 Å². The van der Waals surface area contributed by atoms with E-state index in [1.165, 1.54) is 10.4 Å². The Kier molecular flexibility index (Phi) is 7.01. The number of rotatable bonds is 7. The van der Waals surface area contributed by atoms with E-state index in [1.807, 2.05) is 57.2 Å². The molecule has 146 valence electrons. The number of hydrogen-bond donors (Lipinski definition) is 0. The van der Waals surface area contributed by atoms with Crippen LogP contribution in [0.4, 0.5) is 0 Å². The van der Waals surface area contributed by atoms with Crippen LogP contribution < -0.4 is 10.4 Å². The second-order valence-electron chi connectivity index (χ2n) is 8.20. The van der Waals surface area contributed by atoms with Crippen LogP contribution in [-0.2, 0) is 14.0 Å². The predicted molar refractivity (Wildman–Crippen MR) is 114 cm³/mol. The van der Waals surface area contributed by atoms with Crippen LogP contribution in [0, 0.1) is 5.92 Å². The second kappa shape index (κ2) is 8.85. The SMILES string of the molecule is CCOC(=O)[C@@H](O[Si](c1ccccc1)(c1ccccc1)C(C)(C)C)C(C)C. The molecule has 0 bridgehead atoms. The Bertz CT molecular complexity index is 681. The van der Waals surface area contributed by atoms with Gasteiger partial charge in [0.1, 0.15) is 6.10 Å². The first-order chi connectivity index (χ1) is 12.7. The number of carbonyl (C=O) groups is 1. The van der Waals surface area contributed by atoms with Crippen LogP contribution in [0.5, 0.6) is 0 Å². The Balaban J connectivity index is 2.70. The molecule has 2 aromatic carbocycles. The van der Waals surface area contributed by atoms with E-state index in [-0.39, 0.29) is 16.9 Å². The van der Waals surface area contributed by atoms with E-state index < -0.39 is 14.4 Å². The number of benzene rings is 2. The molecule has 0 spiro atoms. The normalized spacial score (nSPS) is 13.4. The lowest BCUT2D eigenvalue weighted by atomic mass is 10.1. The van der Waals surface area contributed by atoms with Crippen LogP contribution in [0.2, 0.25) is 5.04 Å². The first kappa shape index (κ1) is 21.4. The van der Waals surface area contributed by atoms with Crippen LogP contribution in [0.1, 0.15) is 41.5 Å². The van der Waals surface area contributed by atoms with Gasteiger partial charge in [0.25, 0.3) is 8.32 Å². The third-order valence-corrected chi connectivity index (χ3v) is 9.86. The molecule has 0 saturated carbocycles. The lowest BCUT2D eigenvalue weighted by Gasteiger charge is -2.45. The average molecular weight is 385 g/mol. The molecule has 0 amide bonds. The summed E-state index contributed by atoms with van der Waals surface area (Å²) in [4.78, 5) is 12.7. The van der Waals surface area contributed by atoms with Crippen molar-refractivity contribution in [3.8, 4) is 0 Å². The number of hydrogen-bond acceptors (Lipinski definition) is 3. The summed E-state index contributed by atoms with van der Waals surface area (Å²) in [7, 11) is -2.77. The van der Waals surface area contributed by atoms with E-state index in [1.54, 1.807) is 0 Å². The standard InChI is InChI=1S/C23H32O3Si/c1-7-25-22(24)21(18(2)3)26-27(23(4,5)6,19-14-10-8-11-15-19)20-16-12-9-13-17-20/h8-18,21H,7H2,1-6H3/t21-/m0/s1. The smallest absolute Gasteiger partial charge is 0.334 e. The van der Waals surface area contributed by atoms with Crippen LogP contribution in [0.15, 0.2) is 60.7 Å². The van der Waals surface area contributed by atoms with Gasteiger partial charge in [0.15, 0.2) is 0 Å². The van der Waals surface area contributed by atoms with Crippen molar-refractivity contribution in [2.75, 3.05) is 6.61 Å². The van der Waals surface area contributed by atoms with Gasteiger partial charge in [-0.2, -0.15) is 0 Å². The summed E-state index contributed by atoms with van der Waals surface area (Å²) in [6, 6.07) is 20.7. The fraction of sp³-hybridized carbons (Fsp3) is 0.435. The molecule has 0 aliphatic carbocycles. The van der Waals surface area contributed by atoms with E-state index in [0.717, 1.165) is 0 Å². The zero-order valence-corrected chi connectivity index (χ0v) is 18.4. The zero-order valence-electron chi connectivity index (χ0n) is 17.4. The number of carbonyl (C=O) groups excluding carboxylic acids is 1. The third kappa shape index (κ3) is 4.50. The van der Waals surface area contributed by atoms with Crippen LogP contribution >= 0.6 is 0 Å². The van der Waals surface area contributed by atoms with Gasteiger partial charge >= 0.3 is 5.97 Å². The Hall–Kier alpha value is -1.91. The van der Waals surface area contributed by atoms with Crippen LogP contribution in [0.3, 0.4) is 0 Å². The summed E-state index contributed by atoms with van der Waals surface area (Å²) >= 11 is 0. The molecular formula is C23H32O3Si. The maximum atomic E-state index is 12.7. The highest BCUT2D eigenvalue weighted by Gasteiger charge is 2.52. The lowest BCUT2D eigenvalue weighted by Crippen LogP contribution is -2.68. The van der Waals surface area contributed by atoms with Crippen molar-refractivity contribution in [1.29, 1.82) is 0 Å². The van der Waals surface area contributed by atoms with Crippen molar-refractivity contribution in [3.05, 3.63) is 60.7 Å². The molecule has 0 aliphatic rings. The molecule has 1 atom stereocenters. The van der Waals surface area contributed by atoms with Crippen molar-refractivity contribution in [3.63, 3.8) is 0 Å². The van der Waals surface area contributed by atoms with Crippen molar-refractivity contribution >= 4 is 24.7 Å².